The number of nitrogens with one attached hydrogen (secondary N) is 2. The summed E-state index contributed by atoms with van der Waals surface area (Å²) < 4.78 is 5.40. The van der Waals surface area contributed by atoms with Crippen molar-refractivity contribution in [3.63, 3.8) is 0 Å². The van der Waals surface area contributed by atoms with Crippen LogP contribution in [0.1, 0.15) is 33.3 Å². The third kappa shape index (κ3) is 4.96. The van der Waals surface area contributed by atoms with Crippen molar-refractivity contribution in [2.75, 3.05) is 19.6 Å². The van der Waals surface area contributed by atoms with Gasteiger partial charge < -0.3 is 19.9 Å². The van der Waals surface area contributed by atoms with E-state index in [1.165, 1.54) is 5.56 Å². The summed E-state index contributed by atoms with van der Waals surface area (Å²) >= 11 is 0. The maximum absolute atomic E-state index is 12.1. The second kappa shape index (κ2) is 7.46. The van der Waals surface area contributed by atoms with Crippen LogP contribution in [0.5, 0.6) is 0 Å². The lowest BCUT2D eigenvalue weighted by Crippen LogP contribution is -2.40. The number of likely N-dealkylation sites (N-methyl/N-ethyl adjacent to an activating group) is 1. The first-order valence-corrected chi connectivity index (χ1v) is 8.00. The average Bonchev–Trinajstić information content (AvgIpc) is 2.89. The third-order valence-electron chi connectivity index (χ3n) is 3.44. The van der Waals surface area contributed by atoms with Crippen molar-refractivity contribution >= 4 is 17.1 Å². The van der Waals surface area contributed by atoms with Gasteiger partial charge in [-0.25, -0.2) is 9.78 Å². The molecule has 0 bridgehead atoms. The van der Waals surface area contributed by atoms with Gasteiger partial charge in [-0.2, -0.15) is 0 Å². The number of hydrogen-bond acceptors (Lipinski definition) is 4. The normalized spacial score (nSPS) is 11.7. The van der Waals surface area contributed by atoms with Gasteiger partial charge >= 0.3 is 6.09 Å². The average molecular weight is 318 g/mol. The van der Waals surface area contributed by atoms with Gasteiger partial charge in [-0.1, -0.05) is 0 Å². The summed E-state index contributed by atoms with van der Waals surface area (Å²) in [5.41, 5.74) is 1.61. The molecule has 6 heteroatoms. The Bertz CT molecular complexity index is 645. The van der Waals surface area contributed by atoms with Crippen LogP contribution in [-0.4, -0.2) is 46.2 Å². The first kappa shape index (κ1) is 17.3. The zero-order valence-corrected chi connectivity index (χ0v) is 14.3. The van der Waals surface area contributed by atoms with E-state index in [0.29, 0.717) is 19.6 Å². The number of nitrogens with zero attached hydrogens (tertiary/aromatic N) is 2. The minimum atomic E-state index is -0.463. The Morgan fingerprint density at radius 1 is 1.43 bits per heavy atom. The molecule has 2 N–H and O–H groups in total. The molecular formula is C17H26N4O2. The molecule has 2 heterocycles. The van der Waals surface area contributed by atoms with Crippen LogP contribution in [0.3, 0.4) is 0 Å². The molecule has 1 amide bonds. The number of aromatic amines is 1. The van der Waals surface area contributed by atoms with Crippen LogP contribution in [0, 0.1) is 0 Å². The number of amides is 1. The van der Waals surface area contributed by atoms with Crippen molar-refractivity contribution in [2.45, 2.75) is 39.8 Å². The summed E-state index contributed by atoms with van der Waals surface area (Å²) in [7, 11) is 0. The van der Waals surface area contributed by atoms with E-state index in [-0.39, 0.29) is 6.09 Å². The molecule has 0 saturated carbocycles. The van der Waals surface area contributed by atoms with Crippen molar-refractivity contribution in [1.82, 2.24) is 20.2 Å². The molecule has 2 aromatic rings. The van der Waals surface area contributed by atoms with Gasteiger partial charge in [-0.15, -0.1) is 0 Å². The summed E-state index contributed by atoms with van der Waals surface area (Å²) in [6.45, 7) is 10.3. The lowest BCUT2D eigenvalue weighted by molar-refractivity contribution is 0.0262. The predicted molar refractivity (Wildman–Crippen MR) is 91.3 cm³/mol. The van der Waals surface area contributed by atoms with Gasteiger partial charge in [0.05, 0.1) is 0 Å². The van der Waals surface area contributed by atoms with Crippen molar-refractivity contribution in [2.24, 2.45) is 0 Å². The Hall–Kier alpha value is -2.08. The first-order chi connectivity index (χ1) is 10.9. The van der Waals surface area contributed by atoms with Crippen LogP contribution in [0.4, 0.5) is 4.79 Å². The van der Waals surface area contributed by atoms with Gasteiger partial charge in [0.25, 0.3) is 0 Å². The molecule has 0 aliphatic heterocycles. The number of carbonyl (C=O) groups is 1. The minimum Gasteiger partial charge on any atom is -0.444 e. The van der Waals surface area contributed by atoms with Crippen LogP contribution in [0.25, 0.3) is 11.0 Å². The lowest BCUT2D eigenvalue weighted by Gasteiger charge is -2.26. The number of fused-ring (bicyclic) bond motifs is 1. The molecule has 0 aliphatic carbocycles. The maximum Gasteiger partial charge on any atom is 0.410 e. The largest absolute Gasteiger partial charge is 0.444 e. The number of ether oxygens (including phenoxy) is 1. The summed E-state index contributed by atoms with van der Waals surface area (Å²) in [6.07, 6.45) is 3.48. The first-order valence-electron chi connectivity index (χ1n) is 8.00. The molecule has 23 heavy (non-hydrogen) atoms. The summed E-state index contributed by atoms with van der Waals surface area (Å²) in [6, 6.07) is 3.98. The van der Waals surface area contributed by atoms with Crippen LogP contribution in [-0.2, 0) is 11.3 Å². The molecule has 0 saturated heterocycles. The number of aromatic nitrogens is 2. The number of carbonyl (C=O) groups excluding carboxylic acids is 1. The molecule has 2 aromatic heterocycles. The summed E-state index contributed by atoms with van der Waals surface area (Å²) in [5, 5.41) is 4.49. The Balaban J connectivity index is 1.80. The zero-order chi connectivity index (χ0) is 16.9. The number of H-pyrrole nitrogens is 1. The molecule has 0 aliphatic rings. The van der Waals surface area contributed by atoms with Gasteiger partial charge in [0.2, 0.25) is 0 Å². The fourth-order valence-electron chi connectivity index (χ4n) is 2.30. The highest BCUT2D eigenvalue weighted by atomic mass is 16.6. The van der Waals surface area contributed by atoms with E-state index >= 15 is 0 Å². The highest BCUT2D eigenvalue weighted by Crippen LogP contribution is 2.15. The van der Waals surface area contributed by atoms with Gasteiger partial charge in [-0.05, 0) is 45.4 Å². The minimum absolute atomic E-state index is 0.266. The SMILES string of the molecule is CCN(CCNCc1c[nH]c2ncccc12)C(=O)OC(C)(C)C. The Morgan fingerprint density at radius 3 is 2.91 bits per heavy atom. The standard InChI is InChI=1S/C17H26N4O2/c1-5-21(16(22)23-17(2,3)4)10-9-18-11-13-12-20-15-14(13)7-6-8-19-15/h6-8,12,18H,5,9-11H2,1-4H3,(H,19,20). The topological polar surface area (TPSA) is 70.2 Å². The number of pyridine rings is 1. The molecular weight excluding hydrogens is 292 g/mol. The molecule has 0 fully saturated rings. The highest BCUT2D eigenvalue weighted by molar-refractivity contribution is 5.79. The van der Waals surface area contributed by atoms with Gasteiger partial charge in [0.15, 0.2) is 0 Å². The predicted octanol–water partition coefficient (Wildman–Crippen LogP) is 2.91. The monoisotopic (exact) mass is 318 g/mol. The van der Waals surface area contributed by atoms with E-state index in [2.05, 4.69) is 21.4 Å². The van der Waals surface area contributed by atoms with Crippen LogP contribution < -0.4 is 5.32 Å². The molecule has 2 rings (SSSR count). The zero-order valence-electron chi connectivity index (χ0n) is 14.3. The molecule has 0 unspecified atom stereocenters. The summed E-state index contributed by atoms with van der Waals surface area (Å²) in [4.78, 5) is 21.2. The van der Waals surface area contributed by atoms with Crippen molar-refractivity contribution in [3.8, 4) is 0 Å². The maximum atomic E-state index is 12.1. The molecule has 6 nitrogen and oxygen atoms in total. The smallest absolute Gasteiger partial charge is 0.410 e. The Labute approximate surface area is 137 Å². The molecule has 0 spiro atoms. The molecule has 0 aromatic carbocycles. The molecule has 126 valence electrons. The van der Waals surface area contributed by atoms with E-state index in [1.54, 1.807) is 11.1 Å². The molecule has 0 atom stereocenters. The quantitative estimate of drug-likeness (QED) is 0.804. The fraction of sp³-hybridized carbons (Fsp3) is 0.529. The molecule has 0 radical (unpaired) electrons. The van der Waals surface area contributed by atoms with Crippen molar-refractivity contribution < 1.29 is 9.53 Å². The van der Waals surface area contributed by atoms with Crippen LogP contribution >= 0.6 is 0 Å². The van der Waals surface area contributed by atoms with E-state index in [0.717, 1.165) is 17.6 Å². The number of rotatable bonds is 6. The van der Waals surface area contributed by atoms with E-state index in [9.17, 15) is 4.79 Å². The van der Waals surface area contributed by atoms with Crippen molar-refractivity contribution in [3.05, 3.63) is 30.1 Å². The van der Waals surface area contributed by atoms with Gasteiger partial charge in [0, 0.05) is 44.0 Å². The summed E-state index contributed by atoms with van der Waals surface area (Å²) in [5.74, 6) is 0. The van der Waals surface area contributed by atoms with Gasteiger partial charge in [-0.3, -0.25) is 0 Å². The third-order valence-corrected chi connectivity index (χ3v) is 3.44. The van der Waals surface area contributed by atoms with Gasteiger partial charge in [0.1, 0.15) is 11.2 Å². The highest BCUT2D eigenvalue weighted by Gasteiger charge is 2.20. The van der Waals surface area contributed by atoms with E-state index in [1.807, 2.05) is 40.0 Å². The fourth-order valence-corrected chi connectivity index (χ4v) is 2.30. The second-order valence-corrected chi connectivity index (χ2v) is 6.45. The van der Waals surface area contributed by atoms with Crippen molar-refractivity contribution in [1.29, 1.82) is 0 Å². The number of hydrogen-bond donors (Lipinski definition) is 2. The second-order valence-electron chi connectivity index (χ2n) is 6.45. The van der Waals surface area contributed by atoms with E-state index in [4.69, 9.17) is 4.74 Å². The Kier molecular flexibility index (Phi) is 5.60. The van der Waals surface area contributed by atoms with Crippen LogP contribution in [0.15, 0.2) is 24.5 Å². The van der Waals surface area contributed by atoms with Crippen LogP contribution in [0.2, 0.25) is 0 Å². The Morgan fingerprint density at radius 2 is 2.22 bits per heavy atom. The van der Waals surface area contributed by atoms with E-state index < -0.39 is 5.60 Å². The lowest BCUT2D eigenvalue weighted by atomic mass is 10.2.